The Bertz CT molecular complexity index is 476. The first-order valence-corrected chi connectivity index (χ1v) is 8.90. The third kappa shape index (κ3) is 5.70. The number of benzene rings is 1. The maximum atomic E-state index is 5.88. The fourth-order valence-corrected chi connectivity index (χ4v) is 2.99. The van der Waals surface area contributed by atoms with E-state index in [1.165, 1.54) is 24.9 Å². The number of ether oxygens (including phenoxy) is 2. The third-order valence-electron chi connectivity index (χ3n) is 4.20. The highest BCUT2D eigenvalue weighted by Gasteiger charge is 2.19. The van der Waals surface area contributed by atoms with Crippen LogP contribution in [-0.4, -0.2) is 44.3 Å². The molecule has 4 nitrogen and oxygen atoms in total. The highest BCUT2D eigenvalue weighted by Crippen LogP contribution is 2.29. The molecule has 1 unspecified atom stereocenters. The summed E-state index contributed by atoms with van der Waals surface area (Å²) in [4.78, 5) is 2.52. The predicted octanol–water partition coefficient (Wildman–Crippen LogP) is 3.30. The van der Waals surface area contributed by atoms with Crippen molar-refractivity contribution in [1.29, 1.82) is 0 Å². The van der Waals surface area contributed by atoms with E-state index in [1.807, 2.05) is 6.92 Å². The molecule has 0 bridgehead atoms. The first kappa shape index (κ1) is 18.1. The SMILES string of the molecule is CCOc1cc(CN2CCCC(NC)C2)ccc1OCC(C)C. The van der Waals surface area contributed by atoms with Gasteiger partial charge >= 0.3 is 0 Å². The summed E-state index contributed by atoms with van der Waals surface area (Å²) in [5.41, 5.74) is 1.29. The number of likely N-dealkylation sites (N-methyl/N-ethyl adjacent to an activating group) is 1. The lowest BCUT2D eigenvalue weighted by Gasteiger charge is -2.32. The first-order chi connectivity index (χ1) is 11.1. The van der Waals surface area contributed by atoms with Crippen molar-refractivity contribution < 1.29 is 9.47 Å². The Morgan fingerprint density at radius 1 is 1.26 bits per heavy atom. The summed E-state index contributed by atoms with van der Waals surface area (Å²) in [5, 5.41) is 3.40. The zero-order valence-corrected chi connectivity index (χ0v) is 15.1. The zero-order valence-electron chi connectivity index (χ0n) is 15.1. The van der Waals surface area contributed by atoms with Gasteiger partial charge in [-0.1, -0.05) is 19.9 Å². The van der Waals surface area contributed by atoms with Gasteiger partial charge in [-0.15, -0.1) is 0 Å². The summed E-state index contributed by atoms with van der Waals surface area (Å²) in [6, 6.07) is 6.98. The molecule has 1 atom stereocenters. The zero-order chi connectivity index (χ0) is 16.7. The molecule has 1 fully saturated rings. The van der Waals surface area contributed by atoms with Crippen LogP contribution in [0.15, 0.2) is 18.2 Å². The van der Waals surface area contributed by atoms with Gasteiger partial charge in [0, 0.05) is 19.1 Å². The van der Waals surface area contributed by atoms with E-state index in [9.17, 15) is 0 Å². The fourth-order valence-electron chi connectivity index (χ4n) is 2.99. The van der Waals surface area contributed by atoms with E-state index in [2.05, 4.69) is 49.3 Å². The summed E-state index contributed by atoms with van der Waals surface area (Å²) in [5.74, 6) is 2.24. The van der Waals surface area contributed by atoms with Crippen LogP contribution in [0, 0.1) is 5.92 Å². The summed E-state index contributed by atoms with van der Waals surface area (Å²) < 4.78 is 11.7. The Kier molecular flexibility index (Phi) is 7.18. The van der Waals surface area contributed by atoms with E-state index in [0.29, 0.717) is 18.6 Å². The molecule has 0 amide bonds. The van der Waals surface area contributed by atoms with E-state index >= 15 is 0 Å². The molecule has 0 radical (unpaired) electrons. The standard InChI is InChI=1S/C19H32N2O2/c1-5-22-19-11-16(8-9-18(19)23-14-15(2)3)12-21-10-6-7-17(13-21)20-4/h8-9,11,15,17,20H,5-7,10,12-14H2,1-4H3. The second-order valence-electron chi connectivity index (χ2n) is 6.78. The van der Waals surface area contributed by atoms with Crippen LogP contribution in [0.5, 0.6) is 11.5 Å². The number of nitrogens with one attached hydrogen (secondary N) is 1. The van der Waals surface area contributed by atoms with Crippen molar-refractivity contribution in [3.8, 4) is 11.5 Å². The minimum Gasteiger partial charge on any atom is -0.490 e. The highest BCUT2D eigenvalue weighted by atomic mass is 16.5. The average Bonchev–Trinajstić information content (AvgIpc) is 2.54. The molecular formula is C19H32N2O2. The van der Waals surface area contributed by atoms with Crippen molar-refractivity contribution in [3.63, 3.8) is 0 Å². The van der Waals surface area contributed by atoms with Crippen LogP contribution in [0.25, 0.3) is 0 Å². The first-order valence-electron chi connectivity index (χ1n) is 8.90. The number of likely N-dealkylation sites (tertiary alicyclic amines) is 1. The Balaban J connectivity index is 2.02. The Hall–Kier alpha value is -1.26. The Labute approximate surface area is 141 Å². The lowest BCUT2D eigenvalue weighted by Crippen LogP contribution is -2.43. The van der Waals surface area contributed by atoms with Crippen LogP contribution < -0.4 is 14.8 Å². The van der Waals surface area contributed by atoms with Crippen LogP contribution in [0.4, 0.5) is 0 Å². The number of hydrogen-bond acceptors (Lipinski definition) is 4. The van der Waals surface area contributed by atoms with Crippen LogP contribution in [-0.2, 0) is 6.54 Å². The molecule has 1 saturated heterocycles. The quantitative estimate of drug-likeness (QED) is 0.797. The number of piperidine rings is 1. The Morgan fingerprint density at radius 3 is 2.78 bits per heavy atom. The molecule has 2 rings (SSSR count). The predicted molar refractivity (Wildman–Crippen MR) is 95.3 cm³/mol. The summed E-state index contributed by atoms with van der Waals surface area (Å²) in [6.07, 6.45) is 2.54. The number of nitrogens with zero attached hydrogens (tertiary/aromatic N) is 1. The number of rotatable bonds is 8. The highest BCUT2D eigenvalue weighted by molar-refractivity contribution is 5.43. The maximum absolute atomic E-state index is 5.88. The molecule has 0 aromatic heterocycles. The van der Waals surface area contributed by atoms with Crippen LogP contribution in [0.3, 0.4) is 0 Å². The van der Waals surface area contributed by atoms with Gasteiger partial charge in [-0.3, -0.25) is 4.90 Å². The van der Waals surface area contributed by atoms with Gasteiger partial charge in [0.25, 0.3) is 0 Å². The van der Waals surface area contributed by atoms with Gasteiger partial charge in [0.05, 0.1) is 13.2 Å². The minimum atomic E-state index is 0.510. The molecule has 0 spiro atoms. The van der Waals surface area contributed by atoms with Gasteiger partial charge in [-0.25, -0.2) is 0 Å². The molecule has 1 heterocycles. The van der Waals surface area contributed by atoms with Crippen LogP contribution >= 0.6 is 0 Å². The molecule has 0 saturated carbocycles. The molecular weight excluding hydrogens is 288 g/mol. The number of hydrogen-bond donors (Lipinski definition) is 1. The molecule has 130 valence electrons. The van der Waals surface area contributed by atoms with Crippen molar-refractivity contribution in [3.05, 3.63) is 23.8 Å². The summed E-state index contributed by atoms with van der Waals surface area (Å²) in [7, 11) is 2.06. The van der Waals surface area contributed by atoms with Crippen molar-refractivity contribution in [2.24, 2.45) is 5.92 Å². The molecule has 4 heteroatoms. The van der Waals surface area contributed by atoms with Gasteiger partial charge in [0.1, 0.15) is 0 Å². The lowest BCUT2D eigenvalue weighted by molar-refractivity contribution is 0.187. The van der Waals surface area contributed by atoms with Crippen molar-refractivity contribution in [2.75, 3.05) is 33.4 Å². The summed E-state index contributed by atoms with van der Waals surface area (Å²) >= 11 is 0. The molecule has 1 aliphatic rings. The van der Waals surface area contributed by atoms with Crippen molar-refractivity contribution in [2.45, 2.75) is 46.2 Å². The molecule has 1 N–H and O–H groups in total. The van der Waals surface area contributed by atoms with E-state index in [4.69, 9.17) is 9.47 Å². The van der Waals surface area contributed by atoms with Gasteiger partial charge in [-0.05, 0) is 57.0 Å². The van der Waals surface area contributed by atoms with Gasteiger partial charge < -0.3 is 14.8 Å². The average molecular weight is 320 g/mol. The Morgan fingerprint density at radius 2 is 2.09 bits per heavy atom. The minimum absolute atomic E-state index is 0.510. The maximum Gasteiger partial charge on any atom is 0.161 e. The molecule has 1 aromatic carbocycles. The topological polar surface area (TPSA) is 33.7 Å². The fraction of sp³-hybridized carbons (Fsp3) is 0.684. The van der Waals surface area contributed by atoms with E-state index in [1.54, 1.807) is 0 Å². The smallest absolute Gasteiger partial charge is 0.161 e. The normalized spacial score (nSPS) is 19.1. The van der Waals surface area contributed by atoms with E-state index < -0.39 is 0 Å². The largest absolute Gasteiger partial charge is 0.490 e. The second-order valence-corrected chi connectivity index (χ2v) is 6.78. The monoisotopic (exact) mass is 320 g/mol. The lowest BCUT2D eigenvalue weighted by atomic mass is 10.0. The molecule has 1 aromatic rings. The second kappa shape index (κ2) is 9.14. The van der Waals surface area contributed by atoms with Crippen molar-refractivity contribution in [1.82, 2.24) is 10.2 Å². The third-order valence-corrected chi connectivity index (χ3v) is 4.20. The molecule has 0 aliphatic carbocycles. The molecule has 1 aliphatic heterocycles. The van der Waals surface area contributed by atoms with Crippen LogP contribution in [0.2, 0.25) is 0 Å². The van der Waals surface area contributed by atoms with Crippen molar-refractivity contribution >= 4 is 0 Å². The van der Waals surface area contributed by atoms with Gasteiger partial charge in [0.2, 0.25) is 0 Å². The van der Waals surface area contributed by atoms with E-state index in [0.717, 1.165) is 31.2 Å². The van der Waals surface area contributed by atoms with Gasteiger partial charge in [-0.2, -0.15) is 0 Å². The van der Waals surface area contributed by atoms with Crippen LogP contribution in [0.1, 0.15) is 39.2 Å². The van der Waals surface area contributed by atoms with E-state index in [-0.39, 0.29) is 0 Å². The molecule has 23 heavy (non-hydrogen) atoms. The van der Waals surface area contributed by atoms with Gasteiger partial charge in [0.15, 0.2) is 11.5 Å². The summed E-state index contributed by atoms with van der Waals surface area (Å²) in [6.45, 7) is 11.0.